The molecule has 0 bridgehead atoms. The van der Waals surface area contributed by atoms with Gasteiger partial charge in [-0.1, -0.05) is 41.4 Å². The van der Waals surface area contributed by atoms with Crippen molar-refractivity contribution in [2.24, 2.45) is 5.10 Å². The van der Waals surface area contributed by atoms with Crippen molar-refractivity contribution >= 4 is 52.4 Å². The maximum Gasteiger partial charge on any atom is 0.343 e. The van der Waals surface area contributed by atoms with E-state index in [1.807, 2.05) is 19.1 Å². The molecule has 3 aromatic rings. The Kier molecular flexibility index (Phi) is 8.46. The zero-order chi connectivity index (χ0) is 25.5. The quantitative estimate of drug-likeness (QED) is 0.158. The molecule has 0 saturated heterocycles. The van der Waals surface area contributed by atoms with Gasteiger partial charge in [-0.15, -0.1) is 0 Å². The predicted molar refractivity (Wildman–Crippen MR) is 135 cm³/mol. The maximum atomic E-state index is 12.5. The van der Waals surface area contributed by atoms with Crippen LogP contribution in [0.5, 0.6) is 11.5 Å². The van der Waals surface area contributed by atoms with Crippen LogP contribution in [0.2, 0.25) is 10.0 Å². The molecule has 0 radical (unpaired) electrons. The van der Waals surface area contributed by atoms with Crippen molar-refractivity contribution in [1.82, 2.24) is 5.43 Å². The van der Waals surface area contributed by atoms with Gasteiger partial charge < -0.3 is 14.8 Å². The summed E-state index contributed by atoms with van der Waals surface area (Å²) >= 11 is 11.9. The van der Waals surface area contributed by atoms with E-state index in [0.29, 0.717) is 27.6 Å². The third-order valence-electron chi connectivity index (χ3n) is 4.86. The first-order valence-corrected chi connectivity index (χ1v) is 11.0. The summed E-state index contributed by atoms with van der Waals surface area (Å²) in [5, 5.41) is 6.90. The highest BCUT2D eigenvalue weighted by Gasteiger charge is 2.17. The second-order valence-electron chi connectivity index (χ2n) is 7.29. The Balaban J connectivity index is 1.69. The molecule has 0 aromatic heterocycles. The number of rotatable bonds is 6. The molecule has 10 heteroatoms. The van der Waals surface area contributed by atoms with Crippen LogP contribution in [-0.4, -0.2) is 30.6 Å². The SMILES string of the molecule is COc1cc(/C(C)=N/NC(=O)C(=O)Nc2cc(Cl)ccc2Cl)ccc1OC(=O)c1ccccc1C. The lowest BCUT2D eigenvalue weighted by atomic mass is 10.1. The molecule has 0 saturated carbocycles. The Morgan fingerprint density at radius 3 is 2.37 bits per heavy atom. The molecule has 0 fully saturated rings. The van der Waals surface area contributed by atoms with E-state index in [-0.39, 0.29) is 16.5 Å². The predicted octanol–water partition coefficient (Wildman–Crippen LogP) is 5.01. The van der Waals surface area contributed by atoms with Gasteiger partial charge in [-0.3, -0.25) is 9.59 Å². The molecule has 8 nitrogen and oxygen atoms in total. The second-order valence-corrected chi connectivity index (χ2v) is 8.13. The number of methoxy groups -OCH3 is 1. The zero-order valence-electron chi connectivity index (χ0n) is 19.0. The van der Waals surface area contributed by atoms with E-state index in [2.05, 4.69) is 15.8 Å². The van der Waals surface area contributed by atoms with E-state index in [9.17, 15) is 14.4 Å². The second kappa shape index (κ2) is 11.5. The van der Waals surface area contributed by atoms with Gasteiger partial charge in [-0.25, -0.2) is 10.2 Å². The van der Waals surface area contributed by atoms with Gasteiger partial charge in [-0.2, -0.15) is 5.10 Å². The number of carbonyl (C=O) groups is 3. The lowest BCUT2D eigenvalue weighted by Gasteiger charge is -2.12. The molecule has 0 spiro atoms. The van der Waals surface area contributed by atoms with Gasteiger partial charge >= 0.3 is 17.8 Å². The summed E-state index contributed by atoms with van der Waals surface area (Å²) in [7, 11) is 1.43. The fourth-order valence-corrected chi connectivity index (χ4v) is 3.29. The number of aryl methyl sites for hydroxylation is 1. The van der Waals surface area contributed by atoms with Crippen LogP contribution < -0.4 is 20.2 Å². The molecule has 0 unspecified atom stereocenters. The topological polar surface area (TPSA) is 106 Å². The van der Waals surface area contributed by atoms with Gasteiger partial charge in [0.25, 0.3) is 0 Å². The van der Waals surface area contributed by atoms with Gasteiger partial charge in [0, 0.05) is 10.6 Å². The number of halogens is 2. The molecule has 0 atom stereocenters. The summed E-state index contributed by atoms with van der Waals surface area (Å²) in [6.45, 7) is 3.44. The van der Waals surface area contributed by atoms with Crippen LogP contribution in [0.1, 0.15) is 28.4 Å². The first-order chi connectivity index (χ1) is 16.7. The summed E-state index contributed by atoms with van der Waals surface area (Å²) in [4.78, 5) is 36.8. The van der Waals surface area contributed by atoms with Crippen molar-refractivity contribution in [2.75, 3.05) is 12.4 Å². The molecular formula is C25H21Cl2N3O5. The normalized spacial score (nSPS) is 10.9. The maximum absolute atomic E-state index is 12.5. The number of hydrogen-bond acceptors (Lipinski definition) is 6. The minimum Gasteiger partial charge on any atom is -0.493 e. The Hall–Kier alpha value is -3.88. The molecule has 180 valence electrons. The smallest absolute Gasteiger partial charge is 0.343 e. The van der Waals surface area contributed by atoms with Crippen molar-refractivity contribution in [3.05, 3.63) is 87.4 Å². The molecule has 0 aliphatic carbocycles. The van der Waals surface area contributed by atoms with Crippen LogP contribution in [-0.2, 0) is 9.59 Å². The first-order valence-electron chi connectivity index (χ1n) is 10.3. The highest BCUT2D eigenvalue weighted by molar-refractivity contribution is 6.42. The Bertz CT molecular complexity index is 1320. The van der Waals surface area contributed by atoms with E-state index in [1.54, 1.807) is 43.3 Å². The minimum absolute atomic E-state index is 0.195. The summed E-state index contributed by atoms with van der Waals surface area (Å²) in [5.74, 6) is -1.98. The van der Waals surface area contributed by atoms with Gasteiger partial charge in [0.15, 0.2) is 11.5 Å². The molecule has 0 aliphatic heterocycles. The Labute approximate surface area is 211 Å². The third kappa shape index (κ3) is 6.59. The van der Waals surface area contributed by atoms with Crippen molar-refractivity contribution in [1.29, 1.82) is 0 Å². The summed E-state index contributed by atoms with van der Waals surface area (Å²) in [5.41, 5.74) is 4.55. The lowest BCUT2D eigenvalue weighted by Crippen LogP contribution is -2.33. The van der Waals surface area contributed by atoms with Crippen molar-refractivity contribution in [3.63, 3.8) is 0 Å². The molecule has 2 amide bonds. The molecular weight excluding hydrogens is 493 g/mol. The first kappa shape index (κ1) is 25.7. The summed E-state index contributed by atoms with van der Waals surface area (Å²) < 4.78 is 10.8. The van der Waals surface area contributed by atoms with E-state index in [4.69, 9.17) is 32.7 Å². The van der Waals surface area contributed by atoms with Crippen molar-refractivity contribution in [2.45, 2.75) is 13.8 Å². The molecule has 2 N–H and O–H groups in total. The van der Waals surface area contributed by atoms with E-state index < -0.39 is 17.8 Å². The minimum atomic E-state index is -1.00. The van der Waals surface area contributed by atoms with Crippen LogP contribution in [0.3, 0.4) is 0 Å². The van der Waals surface area contributed by atoms with Crippen LogP contribution >= 0.6 is 23.2 Å². The fourth-order valence-electron chi connectivity index (χ4n) is 2.96. The molecule has 0 aliphatic rings. The van der Waals surface area contributed by atoms with E-state index in [1.165, 1.54) is 19.2 Å². The highest BCUT2D eigenvalue weighted by Crippen LogP contribution is 2.29. The Morgan fingerprint density at radius 2 is 1.66 bits per heavy atom. The Morgan fingerprint density at radius 1 is 0.914 bits per heavy atom. The van der Waals surface area contributed by atoms with E-state index >= 15 is 0 Å². The van der Waals surface area contributed by atoms with E-state index in [0.717, 1.165) is 5.56 Å². The number of ether oxygens (including phenoxy) is 2. The molecule has 35 heavy (non-hydrogen) atoms. The van der Waals surface area contributed by atoms with Crippen molar-refractivity contribution in [3.8, 4) is 11.5 Å². The van der Waals surface area contributed by atoms with Gasteiger partial charge in [0.1, 0.15) is 0 Å². The standard InChI is InChI=1S/C25H21Cl2N3O5/c1-14-6-4-5-7-18(14)25(33)35-21-11-8-16(12-22(21)34-3)15(2)29-30-24(32)23(31)28-20-13-17(26)9-10-19(20)27/h4-13H,1-3H3,(H,28,31)(H,30,32)/b29-15+. The number of amides is 2. The molecule has 0 heterocycles. The molecule has 3 rings (SSSR count). The number of hydrogen-bond donors (Lipinski definition) is 2. The number of nitrogens with one attached hydrogen (secondary N) is 2. The molecule has 3 aromatic carbocycles. The average Bonchev–Trinajstić information content (AvgIpc) is 2.84. The number of anilines is 1. The highest BCUT2D eigenvalue weighted by atomic mass is 35.5. The number of benzene rings is 3. The van der Waals surface area contributed by atoms with Crippen LogP contribution in [0.25, 0.3) is 0 Å². The van der Waals surface area contributed by atoms with Gasteiger partial charge in [-0.05, 0) is 61.9 Å². The number of esters is 1. The fraction of sp³-hybridized carbons (Fsp3) is 0.120. The number of carbonyl (C=O) groups excluding carboxylic acids is 3. The van der Waals surface area contributed by atoms with Crippen molar-refractivity contribution < 1.29 is 23.9 Å². The third-order valence-corrected chi connectivity index (χ3v) is 5.42. The monoisotopic (exact) mass is 513 g/mol. The average molecular weight is 514 g/mol. The largest absolute Gasteiger partial charge is 0.493 e. The number of nitrogens with zero attached hydrogens (tertiary/aromatic N) is 1. The zero-order valence-corrected chi connectivity index (χ0v) is 20.5. The van der Waals surface area contributed by atoms with Gasteiger partial charge in [0.2, 0.25) is 0 Å². The summed E-state index contributed by atoms with van der Waals surface area (Å²) in [6.07, 6.45) is 0. The number of hydrazone groups is 1. The lowest BCUT2D eigenvalue weighted by molar-refractivity contribution is -0.136. The summed E-state index contributed by atoms with van der Waals surface area (Å²) in [6, 6.07) is 16.3. The van der Waals surface area contributed by atoms with Crippen LogP contribution in [0.15, 0.2) is 65.8 Å². The van der Waals surface area contributed by atoms with Crippen LogP contribution in [0, 0.1) is 6.92 Å². The van der Waals surface area contributed by atoms with Gasteiger partial charge in [0.05, 0.1) is 29.1 Å². The van der Waals surface area contributed by atoms with Crippen LogP contribution in [0.4, 0.5) is 5.69 Å².